The molecule has 0 aliphatic rings. The van der Waals surface area contributed by atoms with E-state index in [1.165, 1.54) is 0 Å². The van der Waals surface area contributed by atoms with Crippen LogP contribution in [-0.2, 0) is 6.42 Å². The molecule has 2 N–H and O–H groups in total. The van der Waals surface area contributed by atoms with Gasteiger partial charge in [-0.15, -0.1) is 0 Å². The molecule has 0 saturated heterocycles. The third-order valence-corrected chi connectivity index (χ3v) is 3.73. The number of rotatable bonds is 6. The lowest BCUT2D eigenvalue weighted by atomic mass is 9.91. The standard InChI is InChI=1S/C18H20N2O2/c1-21-16-7-8-18(22-2)17(10-16)15(12-20)9-13-3-5-14(11-19)6-4-13/h3-8,10,15H,9,12,20H2,1-2H3. The first-order valence-electron chi connectivity index (χ1n) is 7.12. The summed E-state index contributed by atoms with van der Waals surface area (Å²) < 4.78 is 10.7. The second-order valence-electron chi connectivity index (χ2n) is 5.05. The number of methoxy groups -OCH3 is 2. The summed E-state index contributed by atoms with van der Waals surface area (Å²) in [6, 6.07) is 15.5. The maximum atomic E-state index is 8.86. The third kappa shape index (κ3) is 3.57. The Balaban J connectivity index is 2.28. The molecule has 4 heteroatoms. The Bertz CT molecular complexity index is 660. The Morgan fingerprint density at radius 2 is 1.82 bits per heavy atom. The van der Waals surface area contributed by atoms with Crippen LogP contribution in [0.4, 0.5) is 0 Å². The van der Waals surface area contributed by atoms with Crippen LogP contribution in [0, 0.1) is 11.3 Å². The topological polar surface area (TPSA) is 68.3 Å². The van der Waals surface area contributed by atoms with Crippen molar-refractivity contribution in [3.63, 3.8) is 0 Å². The van der Waals surface area contributed by atoms with E-state index in [9.17, 15) is 0 Å². The SMILES string of the molecule is COc1ccc(OC)c(C(CN)Cc2ccc(C#N)cc2)c1. The molecule has 0 amide bonds. The zero-order valence-corrected chi connectivity index (χ0v) is 12.9. The monoisotopic (exact) mass is 296 g/mol. The first-order chi connectivity index (χ1) is 10.7. The van der Waals surface area contributed by atoms with Crippen LogP contribution in [0.5, 0.6) is 11.5 Å². The van der Waals surface area contributed by atoms with Crippen LogP contribution in [0.2, 0.25) is 0 Å². The van der Waals surface area contributed by atoms with Crippen molar-refractivity contribution in [2.45, 2.75) is 12.3 Å². The average molecular weight is 296 g/mol. The van der Waals surface area contributed by atoms with Crippen LogP contribution in [0.15, 0.2) is 42.5 Å². The highest BCUT2D eigenvalue weighted by molar-refractivity contribution is 5.43. The van der Waals surface area contributed by atoms with Gasteiger partial charge in [-0.05, 0) is 48.9 Å². The van der Waals surface area contributed by atoms with Gasteiger partial charge in [0.2, 0.25) is 0 Å². The van der Waals surface area contributed by atoms with Crippen molar-refractivity contribution < 1.29 is 9.47 Å². The number of hydrogen-bond donors (Lipinski definition) is 1. The maximum Gasteiger partial charge on any atom is 0.122 e. The minimum absolute atomic E-state index is 0.123. The highest BCUT2D eigenvalue weighted by atomic mass is 16.5. The molecule has 114 valence electrons. The van der Waals surface area contributed by atoms with Crippen molar-refractivity contribution in [1.82, 2.24) is 0 Å². The molecule has 22 heavy (non-hydrogen) atoms. The summed E-state index contributed by atoms with van der Waals surface area (Å²) in [7, 11) is 3.30. The normalized spacial score (nSPS) is 11.5. The zero-order chi connectivity index (χ0) is 15.9. The van der Waals surface area contributed by atoms with Crippen molar-refractivity contribution in [1.29, 1.82) is 5.26 Å². The molecule has 0 radical (unpaired) electrons. The quantitative estimate of drug-likeness (QED) is 0.890. The van der Waals surface area contributed by atoms with E-state index in [0.717, 1.165) is 29.0 Å². The summed E-state index contributed by atoms with van der Waals surface area (Å²) in [6.45, 7) is 0.504. The predicted octanol–water partition coefficient (Wildman–Crippen LogP) is 2.86. The number of nitrogens with two attached hydrogens (primary N) is 1. The lowest BCUT2D eigenvalue weighted by Crippen LogP contribution is -2.16. The number of nitrogens with zero attached hydrogens (tertiary/aromatic N) is 1. The minimum Gasteiger partial charge on any atom is -0.497 e. The predicted molar refractivity (Wildman–Crippen MR) is 86.2 cm³/mol. The zero-order valence-electron chi connectivity index (χ0n) is 12.9. The molecule has 2 rings (SSSR count). The van der Waals surface area contributed by atoms with Gasteiger partial charge in [-0.1, -0.05) is 12.1 Å². The van der Waals surface area contributed by atoms with Gasteiger partial charge in [0.1, 0.15) is 11.5 Å². The Kier molecular flexibility index (Phi) is 5.40. The van der Waals surface area contributed by atoms with Crippen LogP contribution in [0.25, 0.3) is 0 Å². The van der Waals surface area contributed by atoms with Gasteiger partial charge in [0.15, 0.2) is 0 Å². The van der Waals surface area contributed by atoms with Crippen LogP contribution in [-0.4, -0.2) is 20.8 Å². The Morgan fingerprint density at radius 3 is 2.36 bits per heavy atom. The van der Waals surface area contributed by atoms with Gasteiger partial charge in [-0.3, -0.25) is 0 Å². The lowest BCUT2D eigenvalue weighted by Gasteiger charge is -2.19. The molecule has 0 saturated carbocycles. The Morgan fingerprint density at radius 1 is 1.09 bits per heavy atom. The number of hydrogen-bond acceptors (Lipinski definition) is 4. The van der Waals surface area contributed by atoms with E-state index in [0.29, 0.717) is 12.1 Å². The molecular weight excluding hydrogens is 276 g/mol. The molecule has 0 heterocycles. The lowest BCUT2D eigenvalue weighted by molar-refractivity contribution is 0.395. The molecule has 2 aromatic carbocycles. The molecule has 0 bridgehead atoms. The van der Waals surface area contributed by atoms with Gasteiger partial charge in [-0.25, -0.2) is 0 Å². The smallest absolute Gasteiger partial charge is 0.122 e. The van der Waals surface area contributed by atoms with E-state index >= 15 is 0 Å². The molecule has 0 aromatic heterocycles. The van der Waals surface area contributed by atoms with Gasteiger partial charge < -0.3 is 15.2 Å². The van der Waals surface area contributed by atoms with Crippen LogP contribution >= 0.6 is 0 Å². The first kappa shape index (κ1) is 15.9. The highest BCUT2D eigenvalue weighted by Crippen LogP contribution is 2.32. The Labute approximate surface area is 131 Å². The fourth-order valence-electron chi connectivity index (χ4n) is 2.48. The minimum atomic E-state index is 0.123. The molecule has 2 aromatic rings. The molecule has 0 fully saturated rings. The molecule has 1 atom stereocenters. The van der Waals surface area contributed by atoms with Gasteiger partial charge in [0.25, 0.3) is 0 Å². The number of benzene rings is 2. The average Bonchev–Trinajstić information content (AvgIpc) is 2.59. The highest BCUT2D eigenvalue weighted by Gasteiger charge is 2.16. The molecule has 4 nitrogen and oxygen atoms in total. The maximum absolute atomic E-state index is 8.86. The molecular formula is C18H20N2O2. The molecule has 0 aliphatic heterocycles. The van der Waals surface area contributed by atoms with Gasteiger partial charge >= 0.3 is 0 Å². The molecule has 0 aliphatic carbocycles. The van der Waals surface area contributed by atoms with E-state index in [4.69, 9.17) is 20.5 Å². The van der Waals surface area contributed by atoms with E-state index < -0.39 is 0 Å². The summed E-state index contributed by atoms with van der Waals surface area (Å²) in [5, 5.41) is 8.86. The third-order valence-electron chi connectivity index (χ3n) is 3.73. The fraction of sp³-hybridized carbons (Fsp3) is 0.278. The second-order valence-corrected chi connectivity index (χ2v) is 5.05. The molecule has 0 spiro atoms. The summed E-state index contributed by atoms with van der Waals surface area (Å²) in [5.41, 5.74) is 8.81. The van der Waals surface area contributed by atoms with Crippen molar-refractivity contribution in [2.24, 2.45) is 5.73 Å². The van der Waals surface area contributed by atoms with Gasteiger partial charge in [0.05, 0.1) is 25.9 Å². The Hall–Kier alpha value is -2.51. The van der Waals surface area contributed by atoms with Crippen LogP contribution < -0.4 is 15.2 Å². The fourth-order valence-corrected chi connectivity index (χ4v) is 2.48. The molecule has 1 unspecified atom stereocenters. The van der Waals surface area contributed by atoms with Crippen molar-refractivity contribution in [3.8, 4) is 17.6 Å². The van der Waals surface area contributed by atoms with E-state index in [2.05, 4.69) is 6.07 Å². The summed E-state index contributed by atoms with van der Waals surface area (Å²) >= 11 is 0. The van der Waals surface area contributed by atoms with Crippen LogP contribution in [0.1, 0.15) is 22.6 Å². The van der Waals surface area contributed by atoms with Crippen molar-refractivity contribution in [2.75, 3.05) is 20.8 Å². The van der Waals surface area contributed by atoms with Crippen LogP contribution in [0.3, 0.4) is 0 Å². The van der Waals surface area contributed by atoms with E-state index in [1.807, 2.05) is 42.5 Å². The van der Waals surface area contributed by atoms with E-state index in [1.54, 1.807) is 14.2 Å². The largest absolute Gasteiger partial charge is 0.497 e. The summed E-state index contributed by atoms with van der Waals surface area (Å²) in [6.07, 6.45) is 0.783. The van der Waals surface area contributed by atoms with Gasteiger partial charge in [-0.2, -0.15) is 5.26 Å². The number of nitriles is 1. The van der Waals surface area contributed by atoms with Gasteiger partial charge in [0, 0.05) is 11.5 Å². The number of ether oxygens (including phenoxy) is 2. The second kappa shape index (κ2) is 7.48. The van der Waals surface area contributed by atoms with Crippen molar-refractivity contribution in [3.05, 3.63) is 59.2 Å². The van der Waals surface area contributed by atoms with Crippen molar-refractivity contribution >= 4 is 0 Å². The summed E-state index contributed by atoms with van der Waals surface area (Å²) in [4.78, 5) is 0. The first-order valence-corrected chi connectivity index (χ1v) is 7.12. The summed E-state index contributed by atoms with van der Waals surface area (Å²) in [5.74, 6) is 1.72. The van der Waals surface area contributed by atoms with E-state index in [-0.39, 0.29) is 5.92 Å².